The largest absolute Gasteiger partial charge is 0.340 e. The third kappa shape index (κ3) is 2.76. The highest BCUT2D eigenvalue weighted by Crippen LogP contribution is 2.40. The summed E-state index contributed by atoms with van der Waals surface area (Å²) in [5.41, 5.74) is 0.743. The van der Waals surface area contributed by atoms with Crippen LogP contribution in [0.3, 0.4) is 0 Å². The summed E-state index contributed by atoms with van der Waals surface area (Å²) in [5, 5.41) is 0. The lowest BCUT2D eigenvalue weighted by Crippen LogP contribution is -2.57. The van der Waals surface area contributed by atoms with Crippen molar-refractivity contribution < 1.29 is 4.79 Å². The van der Waals surface area contributed by atoms with Gasteiger partial charge in [-0.2, -0.15) is 4.98 Å². The number of hydrogen-bond donors (Lipinski definition) is 0. The summed E-state index contributed by atoms with van der Waals surface area (Å²) in [6.45, 7) is 2.05. The molecular formula is C20H22N8O. The summed E-state index contributed by atoms with van der Waals surface area (Å²) in [6, 6.07) is 1.92. The first-order valence-corrected chi connectivity index (χ1v) is 9.93. The van der Waals surface area contributed by atoms with Crippen molar-refractivity contribution in [1.82, 2.24) is 29.5 Å². The first-order valence-electron chi connectivity index (χ1n) is 9.93. The number of anilines is 2. The van der Waals surface area contributed by atoms with Crippen molar-refractivity contribution in [3.63, 3.8) is 0 Å². The van der Waals surface area contributed by atoms with Gasteiger partial charge in [0.25, 0.3) is 0 Å². The minimum Gasteiger partial charge on any atom is -0.340 e. The maximum absolute atomic E-state index is 12.9. The number of hydrogen-bond acceptors (Lipinski definition) is 7. The van der Waals surface area contributed by atoms with E-state index in [4.69, 9.17) is 4.98 Å². The van der Waals surface area contributed by atoms with E-state index in [1.165, 1.54) is 6.42 Å². The molecule has 0 aromatic carbocycles. The molecule has 0 N–H and O–H groups in total. The monoisotopic (exact) mass is 390 g/mol. The molecule has 1 fully saturated rings. The topological polar surface area (TPSA) is 92.9 Å². The standard InChI is InChI=1S/C20H22N8O/c1-3-14-19(29)26(2)15-12-24-20(25-17(15)28(14)13-6-4-7-13)27-11-10-23-18(27)16-21-8-5-9-22-16/h5,8-14H,3-4,6-7H2,1-2H3/t14-/m1/s1. The molecule has 148 valence electrons. The van der Waals surface area contributed by atoms with E-state index in [1.54, 1.807) is 53.6 Å². The fourth-order valence-electron chi connectivity index (χ4n) is 4.02. The number of carbonyl (C=O) groups is 1. The third-order valence-corrected chi connectivity index (χ3v) is 5.77. The molecule has 9 nitrogen and oxygen atoms in total. The van der Waals surface area contributed by atoms with Gasteiger partial charge in [0.15, 0.2) is 17.5 Å². The number of nitrogens with zero attached hydrogens (tertiary/aromatic N) is 8. The summed E-state index contributed by atoms with van der Waals surface area (Å²) in [4.78, 5) is 39.2. The molecule has 3 aromatic heterocycles. The highest BCUT2D eigenvalue weighted by Gasteiger charge is 2.42. The molecule has 1 saturated carbocycles. The number of fused-ring (bicyclic) bond motifs is 1. The average Bonchev–Trinajstić information content (AvgIpc) is 3.21. The van der Waals surface area contributed by atoms with Gasteiger partial charge in [-0.3, -0.25) is 9.36 Å². The van der Waals surface area contributed by atoms with E-state index in [0.717, 1.165) is 30.8 Å². The SMILES string of the molecule is CC[C@@H]1C(=O)N(C)c2cnc(-n3ccnc3-c3ncccn3)nc2N1C1CCC1. The van der Waals surface area contributed by atoms with Gasteiger partial charge >= 0.3 is 0 Å². The van der Waals surface area contributed by atoms with Gasteiger partial charge in [0, 0.05) is 37.9 Å². The zero-order valence-corrected chi connectivity index (χ0v) is 16.4. The molecule has 1 aliphatic carbocycles. The molecule has 9 heteroatoms. The quantitative estimate of drug-likeness (QED) is 0.674. The highest BCUT2D eigenvalue weighted by atomic mass is 16.2. The number of imidazole rings is 1. The minimum absolute atomic E-state index is 0.101. The smallest absolute Gasteiger partial charge is 0.249 e. The van der Waals surface area contributed by atoms with Crippen LogP contribution in [0.5, 0.6) is 0 Å². The second-order valence-corrected chi connectivity index (χ2v) is 7.39. The molecular weight excluding hydrogens is 368 g/mol. The van der Waals surface area contributed by atoms with Crippen molar-refractivity contribution in [3.05, 3.63) is 37.1 Å². The van der Waals surface area contributed by atoms with E-state index < -0.39 is 0 Å². The van der Waals surface area contributed by atoms with Crippen LogP contribution in [0.25, 0.3) is 17.6 Å². The normalized spacial score (nSPS) is 19.2. The second-order valence-electron chi connectivity index (χ2n) is 7.39. The average molecular weight is 390 g/mol. The van der Waals surface area contributed by atoms with Crippen LogP contribution < -0.4 is 9.80 Å². The van der Waals surface area contributed by atoms with Crippen LogP contribution in [0.2, 0.25) is 0 Å². The van der Waals surface area contributed by atoms with Gasteiger partial charge in [-0.1, -0.05) is 6.92 Å². The van der Waals surface area contributed by atoms with Crippen molar-refractivity contribution in [2.75, 3.05) is 16.8 Å². The van der Waals surface area contributed by atoms with Gasteiger partial charge in [0.05, 0.1) is 6.20 Å². The maximum atomic E-state index is 12.9. The fourth-order valence-corrected chi connectivity index (χ4v) is 4.02. The molecule has 0 radical (unpaired) electrons. The molecule has 0 unspecified atom stereocenters. The van der Waals surface area contributed by atoms with Crippen LogP contribution in [0.1, 0.15) is 32.6 Å². The van der Waals surface area contributed by atoms with E-state index in [0.29, 0.717) is 23.6 Å². The van der Waals surface area contributed by atoms with E-state index in [9.17, 15) is 4.79 Å². The first kappa shape index (κ1) is 17.7. The molecule has 1 aliphatic heterocycles. The van der Waals surface area contributed by atoms with E-state index in [-0.39, 0.29) is 11.9 Å². The van der Waals surface area contributed by atoms with Gasteiger partial charge in [-0.25, -0.2) is 19.9 Å². The Morgan fingerprint density at radius 1 is 1.10 bits per heavy atom. The van der Waals surface area contributed by atoms with Crippen molar-refractivity contribution >= 4 is 17.4 Å². The van der Waals surface area contributed by atoms with Gasteiger partial charge in [0.2, 0.25) is 11.9 Å². The van der Waals surface area contributed by atoms with Crippen LogP contribution in [0.4, 0.5) is 11.5 Å². The second kappa shape index (κ2) is 6.91. The molecule has 5 rings (SSSR count). The van der Waals surface area contributed by atoms with E-state index >= 15 is 0 Å². The molecule has 0 bridgehead atoms. The fraction of sp³-hybridized carbons (Fsp3) is 0.400. The van der Waals surface area contributed by atoms with Crippen molar-refractivity contribution in [1.29, 1.82) is 0 Å². The number of aromatic nitrogens is 6. The number of likely N-dealkylation sites (N-methyl/N-ethyl adjacent to an activating group) is 1. The van der Waals surface area contributed by atoms with Crippen molar-refractivity contribution in [2.45, 2.75) is 44.7 Å². The van der Waals surface area contributed by atoms with Crippen LogP contribution in [-0.2, 0) is 4.79 Å². The molecule has 0 saturated heterocycles. The van der Waals surface area contributed by atoms with E-state index in [2.05, 4.69) is 31.8 Å². The third-order valence-electron chi connectivity index (χ3n) is 5.77. The van der Waals surface area contributed by atoms with Gasteiger partial charge in [-0.05, 0) is 31.7 Å². The van der Waals surface area contributed by atoms with Crippen LogP contribution >= 0.6 is 0 Å². The predicted molar refractivity (Wildman–Crippen MR) is 108 cm³/mol. The van der Waals surface area contributed by atoms with Crippen molar-refractivity contribution in [2.24, 2.45) is 0 Å². The minimum atomic E-state index is -0.194. The van der Waals surface area contributed by atoms with Crippen LogP contribution in [0, 0.1) is 0 Å². The maximum Gasteiger partial charge on any atom is 0.249 e. The predicted octanol–water partition coefficient (Wildman–Crippen LogP) is 2.23. The van der Waals surface area contributed by atoms with Gasteiger partial charge in [-0.15, -0.1) is 0 Å². The zero-order valence-electron chi connectivity index (χ0n) is 16.4. The lowest BCUT2D eigenvalue weighted by atomic mass is 9.88. The molecule has 4 heterocycles. The summed E-state index contributed by atoms with van der Waals surface area (Å²) in [6.07, 6.45) is 12.7. The highest BCUT2D eigenvalue weighted by molar-refractivity contribution is 6.04. The molecule has 1 amide bonds. The van der Waals surface area contributed by atoms with Crippen molar-refractivity contribution in [3.8, 4) is 17.6 Å². The Morgan fingerprint density at radius 2 is 1.90 bits per heavy atom. The molecule has 2 aliphatic rings. The lowest BCUT2D eigenvalue weighted by Gasteiger charge is -2.47. The first-order chi connectivity index (χ1) is 14.2. The Hall–Kier alpha value is -3.36. The molecule has 1 atom stereocenters. The Labute approximate surface area is 168 Å². The summed E-state index contributed by atoms with van der Waals surface area (Å²) in [5.74, 6) is 2.48. The van der Waals surface area contributed by atoms with Gasteiger partial charge < -0.3 is 9.80 Å². The van der Waals surface area contributed by atoms with Gasteiger partial charge in [0.1, 0.15) is 11.7 Å². The Kier molecular flexibility index (Phi) is 4.22. The Morgan fingerprint density at radius 3 is 2.59 bits per heavy atom. The molecule has 29 heavy (non-hydrogen) atoms. The lowest BCUT2D eigenvalue weighted by molar-refractivity contribution is -0.120. The summed E-state index contributed by atoms with van der Waals surface area (Å²) in [7, 11) is 1.80. The molecule has 0 spiro atoms. The van der Waals surface area contributed by atoms with Crippen LogP contribution in [0.15, 0.2) is 37.1 Å². The Balaban J connectivity index is 1.63. The number of amides is 1. The molecule has 3 aromatic rings. The zero-order chi connectivity index (χ0) is 20.0. The summed E-state index contributed by atoms with van der Waals surface area (Å²) >= 11 is 0. The van der Waals surface area contributed by atoms with Crippen LogP contribution in [-0.4, -0.2) is 54.5 Å². The summed E-state index contributed by atoms with van der Waals surface area (Å²) < 4.78 is 1.78. The number of rotatable bonds is 4. The van der Waals surface area contributed by atoms with E-state index in [1.807, 2.05) is 0 Å². The number of carbonyl (C=O) groups excluding carboxylic acids is 1. The Bertz CT molecular complexity index is 1050.